The summed E-state index contributed by atoms with van der Waals surface area (Å²) in [7, 11) is 0. The van der Waals surface area contributed by atoms with Crippen molar-refractivity contribution in [1.82, 2.24) is 9.88 Å². The molecule has 1 N–H and O–H groups in total. The Kier molecular flexibility index (Phi) is 5.79. The largest absolute Gasteiger partial charge is 0.441 e. The van der Waals surface area contributed by atoms with E-state index in [1.807, 2.05) is 30.3 Å². The van der Waals surface area contributed by atoms with Gasteiger partial charge in [-0.15, -0.1) is 0 Å². The van der Waals surface area contributed by atoms with Crippen LogP contribution in [0.25, 0.3) is 11.5 Å². The minimum atomic E-state index is -4.30. The number of hydrogen-bond acceptors (Lipinski definition) is 4. The Morgan fingerprint density at radius 2 is 1.91 bits per heavy atom. The number of halogens is 3. The molecule has 1 heterocycles. The normalized spacial score (nSPS) is 12.1. The minimum absolute atomic E-state index is 0.0294. The number of aliphatic hydroxyl groups excluding tert-OH is 1. The van der Waals surface area contributed by atoms with Crippen molar-refractivity contribution in [3.63, 3.8) is 0 Å². The molecule has 7 heteroatoms. The van der Waals surface area contributed by atoms with Crippen LogP contribution in [-0.2, 0) is 6.54 Å². The molecule has 1 aromatic heterocycles. The number of aromatic nitrogens is 1. The van der Waals surface area contributed by atoms with Gasteiger partial charge in [-0.05, 0) is 25.5 Å². The Bertz CT molecular complexity index is 612. The minimum Gasteiger partial charge on any atom is -0.441 e. The van der Waals surface area contributed by atoms with Crippen LogP contribution in [0.4, 0.5) is 13.2 Å². The lowest BCUT2D eigenvalue weighted by Gasteiger charge is -2.22. The van der Waals surface area contributed by atoms with Crippen LogP contribution < -0.4 is 0 Å². The summed E-state index contributed by atoms with van der Waals surface area (Å²) < 4.78 is 43.5. The van der Waals surface area contributed by atoms with Crippen LogP contribution >= 0.6 is 0 Å². The van der Waals surface area contributed by atoms with Crippen molar-refractivity contribution in [1.29, 1.82) is 0 Å². The first-order chi connectivity index (χ1) is 10.9. The Balaban J connectivity index is 2.14. The monoisotopic (exact) mass is 328 g/mol. The van der Waals surface area contributed by atoms with Gasteiger partial charge in [0.2, 0.25) is 5.89 Å². The van der Waals surface area contributed by atoms with E-state index < -0.39 is 12.7 Å². The van der Waals surface area contributed by atoms with Gasteiger partial charge in [0.05, 0.1) is 12.2 Å². The van der Waals surface area contributed by atoms with Gasteiger partial charge in [-0.2, -0.15) is 13.2 Å². The Morgan fingerprint density at radius 3 is 2.52 bits per heavy atom. The first-order valence-corrected chi connectivity index (χ1v) is 7.31. The number of alkyl halides is 3. The summed E-state index contributed by atoms with van der Waals surface area (Å²) in [4.78, 5) is 5.54. The molecule has 2 rings (SSSR count). The fourth-order valence-electron chi connectivity index (χ4n) is 2.25. The number of aliphatic hydroxyl groups is 1. The number of aryl methyl sites for hydroxylation is 1. The topological polar surface area (TPSA) is 49.5 Å². The van der Waals surface area contributed by atoms with Crippen molar-refractivity contribution < 1.29 is 22.7 Å². The molecule has 0 spiro atoms. The zero-order chi connectivity index (χ0) is 16.9. The van der Waals surface area contributed by atoms with Crippen molar-refractivity contribution >= 4 is 0 Å². The standard InChI is InChI=1S/C16H19F3N2O2/c1-12-14(10-21(8-5-9-22)11-16(17,18)19)20-15(23-12)13-6-3-2-4-7-13/h2-4,6-7,22H,5,8-11H2,1H3. The first kappa shape index (κ1) is 17.5. The number of hydrogen-bond donors (Lipinski definition) is 1. The van der Waals surface area contributed by atoms with Gasteiger partial charge in [0, 0.05) is 25.3 Å². The van der Waals surface area contributed by atoms with Crippen LogP contribution in [0.15, 0.2) is 34.7 Å². The molecule has 0 fully saturated rings. The molecule has 0 amide bonds. The molecule has 2 aromatic rings. The van der Waals surface area contributed by atoms with Gasteiger partial charge in [0.15, 0.2) is 0 Å². The van der Waals surface area contributed by atoms with Gasteiger partial charge in [-0.1, -0.05) is 18.2 Å². The van der Waals surface area contributed by atoms with Gasteiger partial charge < -0.3 is 9.52 Å². The first-order valence-electron chi connectivity index (χ1n) is 7.31. The molecule has 0 saturated carbocycles. The maximum absolute atomic E-state index is 12.7. The Morgan fingerprint density at radius 1 is 1.22 bits per heavy atom. The van der Waals surface area contributed by atoms with Crippen molar-refractivity contribution in [3.05, 3.63) is 41.8 Å². The van der Waals surface area contributed by atoms with Gasteiger partial charge in [-0.25, -0.2) is 4.98 Å². The van der Waals surface area contributed by atoms with Crippen LogP contribution in [0.3, 0.4) is 0 Å². The molecule has 0 aliphatic rings. The average molecular weight is 328 g/mol. The Hall–Kier alpha value is -1.86. The highest BCUT2D eigenvalue weighted by Crippen LogP contribution is 2.24. The molecule has 23 heavy (non-hydrogen) atoms. The third-order valence-electron chi connectivity index (χ3n) is 3.32. The fourth-order valence-corrected chi connectivity index (χ4v) is 2.25. The highest BCUT2D eigenvalue weighted by molar-refractivity contribution is 5.53. The predicted octanol–water partition coefficient (Wildman–Crippen LogP) is 3.40. The van der Waals surface area contributed by atoms with Crippen molar-refractivity contribution in [2.24, 2.45) is 0 Å². The Labute approximate surface area is 132 Å². The summed E-state index contributed by atoms with van der Waals surface area (Å²) in [5, 5.41) is 8.84. The fraction of sp³-hybridized carbons (Fsp3) is 0.438. The molecule has 0 bridgehead atoms. The molecule has 0 unspecified atom stereocenters. The maximum Gasteiger partial charge on any atom is 0.401 e. The van der Waals surface area contributed by atoms with E-state index in [1.54, 1.807) is 6.92 Å². The van der Waals surface area contributed by atoms with Gasteiger partial charge in [0.1, 0.15) is 5.76 Å². The molecule has 126 valence electrons. The molecule has 0 saturated heterocycles. The lowest BCUT2D eigenvalue weighted by molar-refractivity contribution is -0.147. The summed E-state index contributed by atoms with van der Waals surface area (Å²) in [6, 6.07) is 9.19. The number of oxazole rings is 1. The lowest BCUT2D eigenvalue weighted by Crippen LogP contribution is -2.35. The zero-order valence-corrected chi connectivity index (χ0v) is 12.8. The third kappa shape index (κ3) is 5.37. The second-order valence-corrected chi connectivity index (χ2v) is 5.29. The lowest BCUT2D eigenvalue weighted by atomic mass is 10.2. The summed E-state index contributed by atoms with van der Waals surface area (Å²) in [6.07, 6.45) is -4.02. The SMILES string of the molecule is Cc1oc(-c2ccccc2)nc1CN(CCCO)CC(F)(F)F. The molecular weight excluding hydrogens is 309 g/mol. The summed E-state index contributed by atoms with van der Waals surface area (Å²) in [5.41, 5.74) is 1.26. The molecular formula is C16H19F3N2O2. The van der Waals surface area contributed by atoms with Gasteiger partial charge >= 0.3 is 6.18 Å². The number of rotatable bonds is 7. The van der Waals surface area contributed by atoms with E-state index in [0.29, 0.717) is 17.3 Å². The van der Waals surface area contributed by atoms with Crippen molar-refractivity contribution in [2.45, 2.75) is 26.1 Å². The van der Waals surface area contributed by atoms with E-state index in [4.69, 9.17) is 9.52 Å². The maximum atomic E-state index is 12.7. The van der Waals surface area contributed by atoms with Gasteiger partial charge in [-0.3, -0.25) is 4.90 Å². The van der Waals surface area contributed by atoms with Crippen LogP contribution in [0, 0.1) is 6.92 Å². The summed E-state index contributed by atoms with van der Waals surface area (Å²) >= 11 is 0. The second kappa shape index (κ2) is 7.61. The summed E-state index contributed by atoms with van der Waals surface area (Å²) in [5.74, 6) is 0.896. The number of benzene rings is 1. The van der Waals surface area contributed by atoms with Crippen molar-refractivity contribution in [2.75, 3.05) is 19.7 Å². The zero-order valence-electron chi connectivity index (χ0n) is 12.8. The van der Waals surface area contributed by atoms with E-state index >= 15 is 0 Å². The van der Waals surface area contributed by atoms with E-state index in [-0.39, 0.29) is 26.1 Å². The van der Waals surface area contributed by atoms with E-state index in [1.165, 1.54) is 4.90 Å². The molecule has 0 atom stereocenters. The summed E-state index contributed by atoms with van der Waals surface area (Å²) in [6.45, 7) is 0.665. The highest BCUT2D eigenvalue weighted by atomic mass is 19.4. The predicted molar refractivity (Wildman–Crippen MR) is 79.7 cm³/mol. The van der Waals surface area contributed by atoms with Crippen LogP contribution in [0.2, 0.25) is 0 Å². The van der Waals surface area contributed by atoms with E-state index in [9.17, 15) is 13.2 Å². The quantitative estimate of drug-likeness (QED) is 0.846. The second-order valence-electron chi connectivity index (χ2n) is 5.29. The van der Waals surface area contributed by atoms with Crippen LogP contribution in [0.1, 0.15) is 17.9 Å². The average Bonchev–Trinajstić information content (AvgIpc) is 2.85. The van der Waals surface area contributed by atoms with Crippen molar-refractivity contribution in [3.8, 4) is 11.5 Å². The number of nitrogens with zero attached hydrogens (tertiary/aromatic N) is 2. The third-order valence-corrected chi connectivity index (χ3v) is 3.32. The molecule has 0 aliphatic heterocycles. The smallest absolute Gasteiger partial charge is 0.401 e. The van der Waals surface area contributed by atoms with Crippen LogP contribution in [0.5, 0.6) is 0 Å². The molecule has 4 nitrogen and oxygen atoms in total. The molecule has 1 aromatic carbocycles. The van der Waals surface area contributed by atoms with Gasteiger partial charge in [0.25, 0.3) is 0 Å². The molecule has 0 aliphatic carbocycles. The highest BCUT2D eigenvalue weighted by Gasteiger charge is 2.31. The molecule has 0 radical (unpaired) electrons. The van der Waals surface area contributed by atoms with E-state index in [0.717, 1.165) is 5.56 Å². The van der Waals surface area contributed by atoms with E-state index in [2.05, 4.69) is 4.98 Å². The van der Waals surface area contributed by atoms with Crippen LogP contribution in [-0.4, -0.2) is 40.9 Å².